The van der Waals surface area contributed by atoms with Crippen LogP contribution >= 0.6 is 0 Å². The van der Waals surface area contributed by atoms with Crippen LogP contribution in [0.15, 0.2) is 23.0 Å². The number of benzene rings is 1. The second-order valence-electron chi connectivity index (χ2n) is 2.63. The molecule has 2 N–H and O–H groups in total. The summed E-state index contributed by atoms with van der Waals surface area (Å²) in [5, 5.41) is 6.03. The first-order valence-corrected chi connectivity index (χ1v) is 3.44. The number of aromatic amines is 2. The molecule has 1 aromatic carbocycles. The molecular weight excluding hydrogens is 140 g/mol. The molecule has 1 aromatic heterocycles. The fourth-order valence-corrected chi connectivity index (χ4v) is 1.15. The van der Waals surface area contributed by atoms with Crippen molar-refractivity contribution in [2.24, 2.45) is 0 Å². The standard InChI is InChI=1S/C8H8N2O/c1-5-2-3-7-6(4-5)8(11)10-9-7/h2-4H,1H3,(H2,9,10,11). The van der Waals surface area contributed by atoms with Gasteiger partial charge in [-0.2, -0.15) is 0 Å². The molecule has 0 atom stereocenters. The van der Waals surface area contributed by atoms with E-state index in [1.54, 1.807) is 0 Å². The maximum absolute atomic E-state index is 11.0. The van der Waals surface area contributed by atoms with Gasteiger partial charge < -0.3 is 0 Å². The highest BCUT2D eigenvalue weighted by molar-refractivity contribution is 5.78. The first-order chi connectivity index (χ1) is 5.27. The zero-order valence-corrected chi connectivity index (χ0v) is 6.14. The first-order valence-electron chi connectivity index (χ1n) is 3.44. The molecule has 0 spiro atoms. The number of rotatable bonds is 0. The topological polar surface area (TPSA) is 48.6 Å². The molecule has 1 heterocycles. The largest absolute Gasteiger partial charge is 0.298 e. The highest BCUT2D eigenvalue weighted by Gasteiger charge is 1.98. The van der Waals surface area contributed by atoms with Crippen LogP contribution < -0.4 is 5.56 Å². The smallest absolute Gasteiger partial charge is 0.271 e. The molecule has 0 saturated carbocycles. The molecule has 0 amide bonds. The van der Waals surface area contributed by atoms with Crippen molar-refractivity contribution in [3.8, 4) is 0 Å². The van der Waals surface area contributed by atoms with Gasteiger partial charge in [0.15, 0.2) is 0 Å². The number of fused-ring (bicyclic) bond motifs is 1. The SMILES string of the molecule is Cc1ccc2[nH][nH]c(=O)c2c1. The maximum atomic E-state index is 11.0. The summed E-state index contributed by atoms with van der Waals surface area (Å²) in [6, 6.07) is 5.72. The van der Waals surface area contributed by atoms with E-state index in [0.717, 1.165) is 16.5 Å². The van der Waals surface area contributed by atoms with Crippen LogP contribution in [0, 0.1) is 6.92 Å². The van der Waals surface area contributed by atoms with Gasteiger partial charge in [-0.1, -0.05) is 11.6 Å². The summed E-state index contributed by atoms with van der Waals surface area (Å²) >= 11 is 0. The summed E-state index contributed by atoms with van der Waals surface area (Å²) in [6.07, 6.45) is 0. The minimum absolute atomic E-state index is 0.0521. The Kier molecular flexibility index (Phi) is 1.12. The summed E-state index contributed by atoms with van der Waals surface area (Å²) in [4.78, 5) is 11.0. The molecule has 11 heavy (non-hydrogen) atoms. The number of aryl methyl sites for hydroxylation is 1. The predicted octanol–water partition coefficient (Wildman–Crippen LogP) is 1.16. The molecule has 0 bridgehead atoms. The lowest BCUT2D eigenvalue weighted by atomic mass is 10.2. The molecule has 0 unspecified atom stereocenters. The first kappa shape index (κ1) is 6.22. The minimum Gasteiger partial charge on any atom is -0.298 e. The number of H-pyrrole nitrogens is 2. The van der Waals surface area contributed by atoms with E-state index in [0.29, 0.717) is 0 Å². The lowest BCUT2D eigenvalue weighted by Crippen LogP contribution is -1.97. The van der Waals surface area contributed by atoms with Gasteiger partial charge in [0, 0.05) is 0 Å². The summed E-state index contributed by atoms with van der Waals surface area (Å²) in [7, 11) is 0. The normalized spacial score (nSPS) is 10.6. The van der Waals surface area contributed by atoms with Crippen molar-refractivity contribution in [3.05, 3.63) is 34.1 Å². The molecule has 3 heteroatoms. The Morgan fingerprint density at radius 2 is 2.09 bits per heavy atom. The molecule has 0 aliphatic heterocycles. The molecule has 2 rings (SSSR count). The number of aromatic nitrogens is 2. The third kappa shape index (κ3) is 0.852. The fourth-order valence-electron chi connectivity index (χ4n) is 1.15. The van der Waals surface area contributed by atoms with Crippen molar-refractivity contribution in [3.63, 3.8) is 0 Å². The zero-order chi connectivity index (χ0) is 7.84. The van der Waals surface area contributed by atoms with Crippen molar-refractivity contribution in [1.29, 1.82) is 0 Å². The average Bonchev–Trinajstić information content (AvgIpc) is 2.33. The Morgan fingerprint density at radius 3 is 2.91 bits per heavy atom. The lowest BCUT2D eigenvalue weighted by molar-refractivity contribution is 1.08. The van der Waals surface area contributed by atoms with E-state index in [-0.39, 0.29) is 5.56 Å². The van der Waals surface area contributed by atoms with Gasteiger partial charge >= 0.3 is 0 Å². The van der Waals surface area contributed by atoms with Gasteiger partial charge in [-0.3, -0.25) is 15.0 Å². The highest BCUT2D eigenvalue weighted by Crippen LogP contribution is 2.07. The summed E-state index contributed by atoms with van der Waals surface area (Å²) in [5.74, 6) is 0. The molecule has 56 valence electrons. The fraction of sp³-hybridized carbons (Fsp3) is 0.125. The number of nitrogens with one attached hydrogen (secondary N) is 2. The Labute approximate surface area is 63.0 Å². The zero-order valence-electron chi connectivity index (χ0n) is 6.14. The van der Waals surface area contributed by atoms with Crippen molar-refractivity contribution in [2.75, 3.05) is 0 Å². The van der Waals surface area contributed by atoms with Crippen molar-refractivity contribution in [2.45, 2.75) is 6.92 Å². The monoisotopic (exact) mass is 148 g/mol. The van der Waals surface area contributed by atoms with Crippen molar-refractivity contribution >= 4 is 10.9 Å². The second kappa shape index (κ2) is 1.99. The Bertz CT molecular complexity index is 439. The summed E-state index contributed by atoms with van der Waals surface area (Å²) in [6.45, 7) is 1.96. The van der Waals surface area contributed by atoms with E-state index in [9.17, 15) is 4.79 Å². The molecule has 0 aliphatic carbocycles. The van der Waals surface area contributed by atoms with Gasteiger partial charge in [-0.15, -0.1) is 0 Å². The van der Waals surface area contributed by atoms with E-state index >= 15 is 0 Å². The van der Waals surface area contributed by atoms with E-state index in [4.69, 9.17) is 0 Å². The molecule has 3 nitrogen and oxygen atoms in total. The Morgan fingerprint density at radius 1 is 1.27 bits per heavy atom. The van der Waals surface area contributed by atoms with Crippen LogP contribution in [0.3, 0.4) is 0 Å². The predicted molar refractivity (Wildman–Crippen MR) is 43.7 cm³/mol. The molecule has 0 fully saturated rings. The van der Waals surface area contributed by atoms with Crippen LogP contribution in [0.25, 0.3) is 10.9 Å². The molecular formula is C8H8N2O. The van der Waals surface area contributed by atoms with Gasteiger partial charge in [-0.25, -0.2) is 0 Å². The third-order valence-electron chi connectivity index (χ3n) is 1.73. The van der Waals surface area contributed by atoms with Crippen LogP contribution in [0.2, 0.25) is 0 Å². The highest BCUT2D eigenvalue weighted by atomic mass is 16.1. The molecule has 0 saturated heterocycles. The van der Waals surface area contributed by atoms with Crippen molar-refractivity contribution in [1.82, 2.24) is 10.2 Å². The van der Waals surface area contributed by atoms with E-state index in [1.807, 2.05) is 25.1 Å². The summed E-state index contributed by atoms with van der Waals surface area (Å²) in [5.41, 5.74) is 1.91. The Hall–Kier alpha value is -1.51. The van der Waals surface area contributed by atoms with E-state index in [1.165, 1.54) is 0 Å². The summed E-state index contributed by atoms with van der Waals surface area (Å²) < 4.78 is 0. The van der Waals surface area contributed by atoms with Gasteiger partial charge in [0.1, 0.15) is 0 Å². The quantitative estimate of drug-likeness (QED) is 0.578. The molecule has 0 aliphatic rings. The van der Waals surface area contributed by atoms with Gasteiger partial charge in [0.2, 0.25) is 0 Å². The van der Waals surface area contributed by atoms with Crippen molar-refractivity contribution < 1.29 is 0 Å². The number of hydrogen-bond donors (Lipinski definition) is 2. The van der Waals surface area contributed by atoms with Gasteiger partial charge in [-0.05, 0) is 19.1 Å². The van der Waals surface area contributed by atoms with Crippen LogP contribution in [0.1, 0.15) is 5.56 Å². The second-order valence-corrected chi connectivity index (χ2v) is 2.63. The Balaban J connectivity index is 2.99. The average molecular weight is 148 g/mol. The lowest BCUT2D eigenvalue weighted by Gasteiger charge is -1.88. The third-order valence-corrected chi connectivity index (χ3v) is 1.73. The van der Waals surface area contributed by atoms with E-state index < -0.39 is 0 Å². The van der Waals surface area contributed by atoms with Crippen LogP contribution in [-0.4, -0.2) is 10.2 Å². The maximum Gasteiger partial charge on any atom is 0.271 e. The van der Waals surface area contributed by atoms with E-state index in [2.05, 4.69) is 10.2 Å². The molecule has 2 aromatic rings. The van der Waals surface area contributed by atoms with Gasteiger partial charge in [0.05, 0.1) is 10.9 Å². The minimum atomic E-state index is -0.0521. The van der Waals surface area contributed by atoms with Crippen LogP contribution in [0.4, 0.5) is 0 Å². The molecule has 0 radical (unpaired) electrons. The van der Waals surface area contributed by atoms with Gasteiger partial charge in [0.25, 0.3) is 5.56 Å². The number of hydrogen-bond acceptors (Lipinski definition) is 1. The van der Waals surface area contributed by atoms with Crippen LogP contribution in [0.5, 0.6) is 0 Å². The van der Waals surface area contributed by atoms with Crippen LogP contribution in [-0.2, 0) is 0 Å².